The zero-order valence-electron chi connectivity index (χ0n) is 16.0. The predicted octanol–water partition coefficient (Wildman–Crippen LogP) is 1.78. The highest BCUT2D eigenvalue weighted by Gasteiger charge is 2.19. The first kappa shape index (κ1) is 19.5. The van der Waals surface area contributed by atoms with Gasteiger partial charge in [-0.3, -0.25) is 14.6 Å². The minimum Gasteiger partial charge on any atom is -0.354 e. The molecule has 0 saturated heterocycles. The second kappa shape index (κ2) is 7.79. The van der Waals surface area contributed by atoms with Crippen molar-refractivity contribution in [1.29, 1.82) is 0 Å². The van der Waals surface area contributed by atoms with Gasteiger partial charge in [-0.05, 0) is 38.5 Å². The Morgan fingerprint density at radius 1 is 1.29 bits per heavy atom. The number of amides is 1. The first-order valence-electron chi connectivity index (χ1n) is 8.97. The van der Waals surface area contributed by atoms with Gasteiger partial charge in [0.1, 0.15) is 11.2 Å². The molecule has 2 heterocycles. The van der Waals surface area contributed by atoms with Crippen molar-refractivity contribution in [3.63, 3.8) is 0 Å². The monoisotopic (exact) mass is 386 g/mol. The summed E-state index contributed by atoms with van der Waals surface area (Å²) in [6.07, 6.45) is 1.60. The van der Waals surface area contributed by atoms with Gasteiger partial charge in [0.2, 0.25) is 11.9 Å². The van der Waals surface area contributed by atoms with Crippen LogP contribution in [0.15, 0.2) is 35.3 Å². The molecule has 0 radical (unpaired) electrons. The van der Waals surface area contributed by atoms with Gasteiger partial charge in [-0.15, -0.1) is 0 Å². The fourth-order valence-electron chi connectivity index (χ4n) is 2.77. The second-order valence-corrected chi connectivity index (χ2v) is 7.46. The van der Waals surface area contributed by atoms with Crippen molar-refractivity contribution in [2.75, 3.05) is 18.4 Å². The van der Waals surface area contributed by atoms with Gasteiger partial charge in [-0.1, -0.05) is 12.1 Å². The number of aromatic nitrogens is 4. The third-order valence-corrected chi connectivity index (χ3v) is 4.07. The highest BCUT2D eigenvalue weighted by Crippen LogP contribution is 2.18. The molecule has 0 fully saturated rings. The number of fused-ring (bicyclic) bond motifs is 1. The van der Waals surface area contributed by atoms with E-state index in [1.165, 1.54) is 18.3 Å². The lowest BCUT2D eigenvalue weighted by atomic mass is 10.1. The number of nitrogens with one attached hydrogen (secondary N) is 3. The molecule has 9 heteroatoms. The van der Waals surface area contributed by atoms with E-state index >= 15 is 0 Å². The maximum atomic E-state index is 13.2. The first-order chi connectivity index (χ1) is 13.2. The van der Waals surface area contributed by atoms with Crippen LogP contribution in [0.2, 0.25) is 0 Å². The number of hydrogen-bond acceptors (Lipinski definition) is 5. The zero-order chi connectivity index (χ0) is 20.3. The van der Waals surface area contributed by atoms with Crippen molar-refractivity contribution < 1.29 is 9.18 Å². The quantitative estimate of drug-likeness (QED) is 0.560. The number of rotatable bonds is 6. The lowest BCUT2D eigenvalue weighted by Gasteiger charge is -2.19. The average Bonchev–Trinajstić information content (AvgIpc) is 3.03. The Balaban J connectivity index is 1.58. The minimum absolute atomic E-state index is 0.101. The van der Waals surface area contributed by atoms with Gasteiger partial charge in [0.05, 0.1) is 18.2 Å². The first-order valence-corrected chi connectivity index (χ1v) is 8.97. The summed E-state index contributed by atoms with van der Waals surface area (Å²) in [4.78, 5) is 31.3. The summed E-state index contributed by atoms with van der Waals surface area (Å²) in [5, 5.41) is 10.4. The summed E-state index contributed by atoms with van der Waals surface area (Å²) in [5.41, 5.74) is 0.509. The van der Waals surface area contributed by atoms with Crippen LogP contribution in [-0.4, -0.2) is 38.7 Å². The van der Waals surface area contributed by atoms with Gasteiger partial charge in [0.25, 0.3) is 5.56 Å². The molecule has 2 aromatic heterocycles. The summed E-state index contributed by atoms with van der Waals surface area (Å²) in [7, 11) is 0. The fourth-order valence-corrected chi connectivity index (χ4v) is 2.77. The summed E-state index contributed by atoms with van der Waals surface area (Å²) >= 11 is 0. The number of halogens is 1. The van der Waals surface area contributed by atoms with E-state index in [9.17, 15) is 14.0 Å². The molecule has 0 spiro atoms. The van der Waals surface area contributed by atoms with Crippen LogP contribution in [-0.2, 0) is 16.8 Å². The summed E-state index contributed by atoms with van der Waals surface area (Å²) in [5.74, 6) is -0.273. The summed E-state index contributed by atoms with van der Waals surface area (Å²) < 4.78 is 14.8. The predicted molar refractivity (Wildman–Crippen MR) is 105 cm³/mol. The van der Waals surface area contributed by atoms with Crippen LogP contribution in [0.1, 0.15) is 26.3 Å². The zero-order valence-corrected chi connectivity index (χ0v) is 16.0. The number of carbonyl (C=O) groups is 1. The largest absolute Gasteiger partial charge is 0.354 e. The van der Waals surface area contributed by atoms with Gasteiger partial charge in [0.15, 0.2) is 5.65 Å². The van der Waals surface area contributed by atoms with E-state index in [1.807, 2.05) is 20.8 Å². The number of nitrogens with zero attached hydrogens (tertiary/aromatic N) is 3. The molecule has 0 unspecified atom stereocenters. The SMILES string of the molecule is CC(C)(C)n1ncc2c(=O)[nH]c(NCCNC(=O)Cc3cccc(F)c3)nc21. The molecular weight excluding hydrogens is 363 g/mol. The van der Waals surface area contributed by atoms with Crippen LogP contribution in [0.3, 0.4) is 0 Å². The number of hydrogen-bond donors (Lipinski definition) is 3. The fraction of sp³-hybridized carbons (Fsp3) is 0.368. The maximum Gasteiger partial charge on any atom is 0.263 e. The number of H-pyrrole nitrogens is 1. The number of aromatic amines is 1. The highest BCUT2D eigenvalue weighted by atomic mass is 19.1. The second-order valence-electron chi connectivity index (χ2n) is 7.46. The normalized spacial score (nSPS) is 11.6. The molecule has 8 nitrogen and oxygen atoms in total. The van der Waals surface area contributed by atoms with E-state index in [0.29, 0.717) is 35.6 Å². The molecule has 0 aliphatic rings. The van der Waals surface area contributed by atoms with Crippen molar-refractivity contribution in [3.8, 4) is 0 Å². The van der Waals surface area contributed by atoms with Crippen LogP contribution in [0.4, 0.5) is 10.3 Å². The smallest absolute Gasteiger partial charge is 0.263 e. The molecule has 1 amide bonds. The third-order valence-electron chi connectivity index (χ3n) is 4.07. The lowest BCUT2D eigenvalue weighted by molar-refractivity contribution is -0.120. The molecule has 0 bridgehead atoms. The van der Waals surface area contributed by atoms with Gasteiger partial charge in [-0.25, -0.2) is 9.07 Å². The van der Waals surface area contributed by atoms with Crippen LogP contribution in [0.5, 0.6) is 0 Å². The average molecular weight is 386 g/mol. The van der Waals surface area contributed by atoms with E-state index in [4.69, 9.17) is 0 Å². The van der Waals surface area contributed by atoms with Gasteiger partial charge in [0, 0.05) is 13.1 Å². The van der Waals surface area contributed by atoms with Crippen molar-refractivity contribution in [2.45, 2.75) is 32.7 Å². The van der Waals surface area contributed by atoms with Crippen molar-refractivity contribution >= 4 is 22.9 Å². The Bertz CT molecular complexity index is 1050. The Morgan fingerprint density at radius 2 is 2.07 bits per heavy atom. The molecule has 0 aliphatic carbocycles. The molecule has 3 aromatic rings. The summed E-state index contributed by atoms with van der Waals surface area (Å²) in [6, 6.07) is 5.94. The molecule has 0 aliphatic heterocycles. The molecule has 0 atom stereocenters. The molecule has 0 saturated carbocycles. The van der Waals surface area contributed by atoms with E-state index in [-0.39, 0.29) is 29.2 Å². The lowest BCUT2D eigenvalue weighted by Crippen LogP contribution is -2.30. The Labute approximate surface area is 161 Å². The van der Waals surface area contributed by atoms with E-state index in [0.717, 1.165) is 0 Å². The van der Waals surface area contributed by atoms with E-state index in [2.05, 4.69) is 25.7 Å². The maximum absolute atomic E-state index is 13.2. The minimum atomic E-state index is -0.369. The van der Waals surface area contributed by atoms with Crippen LogP contribution < -0.4 is 16.2 Å². The molecule has 28 heavy (non-hydrogen) atoms. The van der Waals surface area contributed by atoms with Gasteiger partial charge >= 0.3 is 0 Å². The Kier molecular flexibility index (Phi) is 5.43. The molecule has 3 N–H and O–H groups in total. The van der Waals surface area contributed by atoms with Crippen molar-refractivity contribution in [1.82, 2.24) is 25.1 Å². The molecular formula is C19H23FN6O2. The Morgan fingerprint density at radius 3 is 2.79 bits per heavy atom. The number of carbonyl (C=O) groups excluding carboxylic acids is 1. The molecule has 148 valence electrons. The van der Waals surface area contributed by atoms with Crippen molar-refractivity contribution in [2.24, 2.45) is 0 Å². The van der Waals surface area contributed by atoms with Crippen molar-refractivity contribution in [3.05, 3.63) is 52.2 Å². The molecule has 1 aromatic carbocycles. The Hall–Kier alpha value is -3.23. The van der Waals surface area contributed by atoms with Gasteiger partial charge in [-0.2, -0.15) is 10.1 Å². The molecule has 3 rings (SSSR count). The standard InChI is InChI=1S/C19H23FN6O2/c1-19(2,3)26-16-14(11-23-26)17(28)25-18(24-16)22-8-7-21-15(27)10-12-5-4-6-13(20)9-12/h4-6,9,11H,7-8,10H2,1-3H3,(H,21,27)(H2,22,24,25,28). The van der Waals surface area contributed by atoms with E-state index in [1.54, 1.807) is 16.8 Å². The van der Waals surface area contributed by atoms with Crippen LogP contribution in [0, 0.1) is 5.82 Å². The van der Waals surface area contributed by atoms with Crippen LogP contribution in [0.25, 0.3) is 11.0 Å². The van der Waals surface area contributed by atoms with E-state index < -0.39 is 0 Å². The number of anilines is 1. The topological polar surface area (TPSA) is 105 Å². The summed E-state index contributed by atoms with van der Waals surface area (Å²) in [6.45, 7) is 6.62. The van der Waals surface area contributed by atoms with Crippen LogP contribution >= 0.6 is 0 Å². The highest BCUT2D eigenvalue weighted by molar-refractivity contribution is 5.78. The third kappa shape index (κ3) is 4.54. The number of benzene rings is 1. The van der Waals surface area contributed by atoms with Gasteiger partial charge < -0.3 is 10.6 Å².